The molecule has 28 heavy (non-hydrogen) atoms. The smallest absolute Gasteiger partial charge is 0.132 e. The Morgan fingerprint density at radius 2 is 1.89 bits per heavy atom. The molecule has 2 unspecified atom stereocenters. The monoisotopic (exact) mass is 381 g/mol. The van der Waals surface area contributed by atoms with Crippen molar-refractivity contribution in [1.82, 2.24) is 0 Å². The van der Waals surface area contributed by atoms with E-state index in [1.54, 1.807) is 0 Å². The molecular formula is C24H31NO3. The molecule has 0 aliphatic carbocycles. The van der Waals surface area contributed by atoms with E-state index in [1.165, 1.54) is 5.56 Å². The number of ether oxygens (including phenoxy) is 3. The second-order valence-corrected chi connectivity index (χ2v) is 7.50. The number of rotatable bonds is 8. The van der Waals surface area contributed by atoms with Crippen molar-refractivity contribution in [2.45, 2.75) is 52.0 Å². The number of nitrogens with one attached hydrogen (secondary N) is 1. The molecule has 0 spiro atoms. The lowest BCUT2D eigenvalue weighted by atomic mass is 9.88. The van der Waals surface area contributed by atoms with Crippen LogP contribution in [-0.2, 0) is 16.0 Å². The maximum absolute atomic E-state index is 6.30. The number of fused-ring (bicyclic) bond motifs is 1. The summed E-state index contributed by atoms with van der Waals surface area (Å²) in [6.45, 7) is 10.1. The highest BCUT2D eigenvalue weighted by molar-refractivity contribution is 5.53. The van der Waals surface area contributed by atoms with Crippen molar-refractivity contribution in [2.75, 3.05) is 18.5 Å². The summed E-state index contributed by atoms with van der Waals surface area (Å²) in [4.78, 5) is 0. The van der Waals surface area contributed by atoms with Gasteiger partial charge in [-0.1, -0.05) is 42.5 Å². The molecule has 0 aromatic heterocycles. The molecule has 2 atom stereocenters. The lowest BCUT2D eigenvalue weighted by molar-refractivity contribution is -0.155. The van der Waals surface area contributed by atoms with E-state index < -0.39 is 5.60 Å². The van der Waals surface area contributed by atoms with Crippen molar-refractivity contribution in [3.05, 3.63) is 71.8 Å². The average molecular weight is 382 g/mol. The van der Waals surface area contributed by atoms with Crippen LogP contribution in [0, 0.1) is 0 Å². The van der Waals surface area contributed by atoms with Gasteiger partial charge in [-0.05, 0) is 51.5 Å². The van der Waals surface area contributed by atoms with Gasteiger partial charge in [0.25, 0.3) is 0 Å². The zero-order valence-electron chi connectivity index (χ0n) is 17.3. The fraction of sp³-hybridized carbons (Fsp3) is 0.417. The molecular weight excluding hydrogens is 350 g/mol. The first-order chi connectivity index (χ1) is 13.5. The van der Waals surface area contributed by atoms with Crippen molar-refractivity contribution in [3.8, 4) is 5.75 Å². The van der Waals surface area contributed by atoms with Gasteiger partial charge in [-0.2, -0.15) is 0 Å². The van der Waals surface area contributed by atoms with Crippen LogP contribution in [0.3, 0.4) is 0 Å². The van der Waals surface area contributed by atoms with Gasteiger partial charge < -0.3 is 19.5 Å². The first-order valence-corrected chi connectivity index (χ1v) is 10.00. The molecule has 0 amide bonds. The predicted molar refractivity (Wildman–Crippen MR) is 114 cm³/mol. The number of benzene rings is 2. The van der Waals surface area contributed by atoms with Crippen molar-refractivity contribution >= 4 is 5.69 Å². The minimum absolute atomic E-state index is 0.174. The van der Waals surface area contributed by atoms with Gasteiger partial charge in [0.05, 0.1) is 6.61 Å². The van der Waals surface area contributed by atoms with Crippen LogP contribution in [0.15, 0.2) is 60.7 Å². The molecule has 0 fully saturated rings. The van der Waals surface area contributed by atoms with Gasteiger partial charge in [0.15, 0.2) is 0 Å². The van der Waals surface area contributed by atoms with E-state index in [-0.39, 0.29) is 12.2 Å². The molecule has 4 heteroatoms. The van der Waals surface area contributed by atoms with Crippen LogP contribution in [0.2, 0.25) is 0 Å². The summed E-state index contributed by atoms with van der Waals surface area (Å²) in [5, 5.41) is 3.50. The van der Waals surface area contributed by atoms with Gasteiger partial charge in [0, 0.05) is 24.4 Å². The molecule has 1 aliphatic rings. The molecule has 150 valence electrons. The Bertz CT molecular complexity index is 786. The Morgan fingerprint density at radius 3 is 2.61 bits per heavy atom. The zero-order chi connectivity index (χ0) is 20.0. The Hall–Kier alpha value is -2.30. The molecule has 1 heterocycles. The van der Waals surface area contributed by atoms with Crippen LogP contribution >= 0.6 is 0 Å². The van der Waals surface area contributed by atoms with Crippen LogP contribution in [0.1, 0.15) is 44.9 Å². The fourth-order valence-electron chi connectivity index (χ4n) is 3.54. The van der Waals surface area contributed by atoms with E-state index in [0.29, 0.717) is 13.2 Å². The van der Waals surface area contributed by atoms with Gasteiger partial charge in [-0.15, -0.1) is 0 Å². The molecule has 0 bridgehead atoms. The molecule has 0 saturated carbocycles. The SMILES string of the molecule is CC=CCOC1C(OCC)c2cc(NCc3ccccc3)ccc2OC1(C)C. The van der Waals surface area contributed by atoms with Gasteiger partial charge in [0.1, 0.15) is 23.6 Å². The van der Waals surface area contributed by atoms with E-state index in [9.17, 15) is 0 Å². The van der Waals surface area contributed by atoms with Crippen LogP contribution in [0.25, 0.3) is 0 Å². The second-order valence-electron chi connectivity index (χ2n) is 7.50. The quantitative estimate of drug-likeness (QED) is 0.612. The maximum atomic E-state index is 6.30. The van der Waals surface area contributed by atoms with Crippen LogP contribution in [0.5, 0.6) is 5.75 Å². The molecule has 3 rings (SSSR count). The highest BCUT2D eigenvalue weighted by atomic mass is 16.6. The predicted octanol–water partition coefficient (Wildman–Crippen LogP) is 5.51. The second kappa shape index (κ2) is 9.26. The minimum atomic E-state index is -0.479. The van der Waals surface area contributed by atoms with Crippen LogP contribution in [-0.4, -0.2) is 24.9 Å². The summed E-state index contributed by atoms with van der Waals surface area (Å²) in [5.74, 6) is 0.861. The summed E-state index contributed by atoms with van der Waals surface area (Å²) in [5.41, 5.74) is 2.84. The first-order valence-electron chi connectivity index (χ1n) is 10.00. The third-order valence-corrected chi connectivity index (χ3v) is 4.94. The molecule has 2 aromatic rings. The topological polar surface area (TPSA) is 39.7 Å². The van der Waals surface area contributed by atoms with Crippen molar-refractivity contribution < 1.29 is 14.2 Å². The minimum Gasteiger partial charge on any atom is -0.485 e. The fourth-order valence-corrected chi connectivity index (χ4v) is 3.54. The standard InChI is InChI=1S/C24H31NO3/c1-5-7-15-27-23-22(26-6-2)20-16-19(13-14-21(20)28-24(23,3)4)25-17-18-11-9-8-10-12-18/h5,7-14,16,22-23,25H,6,15,17H2,1-4H3. The lowest BCUT2D eigenvalue weighted by Crippen LogP contribution is -2.51. The molecule has 1 aliphatic heterocycles. The Labute approximate surface area is 168 Å². The molecule has 0 radical (unpaired) electrons. The number of hydrogen-bond acceptors (Lipinski definition) is 4. The Balaban J connectivity index is 1.84. The van der Waals surface area contributed by atoms with Crippen molar-refractivity contribution in [1.29, 1.82) is 0 Å². The van der Waals surface area contributed by atoms with E-state index in [2.05, 4.69) is 55.6 Å². The molecule has 4 nitrogen and oxygen atoms in total. The molecule has 0 saturated heterocycles. The number of allylic oxidation sites excluding steroid dienone is 1. The van der Waals surface area contributed by atoms with Crippen LogP contribution < -0.4 is 10.1 Å². The number of anilines is 1. The summed E-state index contributed by atoms with van der Waals surface area (Å²) in [7, 11) is 0. The Kier molecular flexibility index (Phi) is 6.76. The van der Waals surface area contributed by atoms with Gasteiger partial charge in [-0.3, -0.25) is 0 Å². The molecule has 1 N–H and O–H groups in total. The lowest BCUT2D eigenvalue weighted by Gasteiger charge is -2.44. The zero-order valence-corrected chi connectivity index (χ0v) is 17.3. The summed E-state index contributed by atoms with van der Waals surface area (Å²) in [6.07, 6.45) is 3.63. The first kappa shape index (κ1) is 20.4. The number of hydrogen-bond donors (Lipinski definition) is 1. The van der Waals surface area contributed by atoms with E-state index >= 15 is 0 Å². The van der Waals surface area contributed by atoms with Crippen molar-refractivity contribution in [2.24, 2.45) is 0 Å². The summed E-state index contributed by atoms with van der Waals surface area (Å²) < 4.78 is 18.6. The largest absolute Gasteiger partial charge is 0.485 e. The van der Waals surface area contributed by atoms with Crippen molar-refractivity contribution in [3.63, 3.8) is 0 Å². The van der Waals surface area contributed by atoms with E-state index in [4.69, 9.17) is 14.2 Å². The maximum Gasteiger partial charge on any atom is 0.132 e. The third-order valence-electron chi connectivity index (χ3n) is 4.94. The average Bonchev–Trinajstić information content (AvgIpc) is 2.69. The Morgan fingerprint density at radius 1 is 1.11 bits per heavy atom. The van der Waals surface area contributed by atoms with Gasteiger partial charge in [-0.25, -0.2) is 0 Å². The van der Waals surface area contributed by atoms with Gasteiger partial charge >= 0.3 is 0 Å². The third kappa shape index (κ3) is 4.75. The van der Waals surface area contributed by atoms with E-state index in [0.717, 1.165) is 23.5 Å². The van der Waals surface area contributed by atoms with Crippen LogP contribution in [0.4, 0.5) is 5.69 Å². The normalized spacial score (nSPS) is 20.6. The van der Waals surface area contributed by atoms with E-state index in [1.807, 2.05) is 38.1 Å². The highest BCUT2D eigenvalue weighted by Gasteiger charge is 2.45. The van der Waals surface area contributed by atoms with Gasteiger partial charge in [0.2, 0.25) is 0 Å². The summed E-state index contributed by atoms with van der Waals surface area (Å²) in [6, 6.07) is 16.6. The summed E-state index contributed by atoms with van der Waals surface area (Å²) >= 11 is 0. The molecule has 2 aromatic carbocycles. The highest BCUT2D eigenvalue weighted by Crippen LogP contribution is 2.44.